The molecule has 0 spiro atoms. The van der Waals surface area contributed by atoms with Crippen LogP contribution in [0.2, 0.25) is 0 Å². The molecule has 1 aromatic rings. The van der Waals surface area contributed by atoms with E-state index in [1.807, 2.05) is 44.4 Å². The van der Waals surface area contributed by atoms with E-state index >= 15 is 0 Å². The Balaban J connectivity index is 2.86. The highest BCUT2D eigenvalue weighted by atomic mass is 31.2. The second-order valence-corrected chi connectivity index (χ2v) is 18.6. The second kappa shape index (κ2) is 36.5. The summed E-state index contributed by atoms with van der Waals surface area (Å²) < 4.78 is 36.2. The third-order valence-electron chi connectivity index (χ3n) is 11.0. The van der Waals surface area contributed by atoms with E-state index in [-0.39, 0.29) is 25.7 Å². The van der Waals surface area contributed by atoms with Crippen molar-refractivity contribution < 1.29 is 37.3 Å². The summed E-state index contributed by atoms with van der Waals surface area (Å²) in [4.78, 5) is 24.1. The fourth-order valence-electron chi connectivity index (χ4n) is 7.12. The Labute approximate surface area is 362 Å². The van der Waals surface area contributed by atoms with Crippen LogP contribution in [0.5, 0.6) is 5.75 Å². The van der Waals surface area contributed by atoms with Gasteiger partial charge in [0.15, 0.2) is 0 Å². The lowest BCUT2D eigenvalue weighted by molar-refractivity contribution is -0.883. The number of phosphoric acid groups is 1. The summed E-state index contributed by atoms with van der Waals surface area (Å²) in [5, 5.41) is 3.11. The third kappa shape index (κ3) is 32.2. The Morgan fingerprint density at radius 1 is 0.780 bits per heavy atom. The van der Waals surface area contributed by atoms with Gasteiger partial charge >= 0.3 is 7.82 Å². The van der Waals surface area contributed by atoms with Gasteiger partial charge in [-0.3, -0.25) is 13.8 Å². The van der Waals surface area contributed by atoms with E-state index < -0.39 is 20.0 Å². The maximum absolute atomic E-state index is 13.4. The van der Waals surface area contributed by atoms with Crippen LogP contribution < -0.4 is 10.1 Å². The molecule has 1 aromatic carbocycles. The number of likely N-dealkylation sites (N-methyl/N-ethyl adjacent to an activating group) is 1. The summed E-state index contributed by atoms with van der Waals surface area (Å²) in [5.41, 5.74) is 0.941. The Kier molecular flexibility index (Phi) is 33.9. The topological polar surface area (TPSA) is 103 Å². The first-order valence-electron chi connectivity index (χ1n) is 23.6. The number of nitrogens with one attached hydrogen (secondary N) is 1. The number of ether oxygens (including phenoxy) is 2. The van der Waals surface area contributed by atoms with E-state index in [0.717, 1.165) is 43.4 Å². The smallest absolute Gasteiger partial charge is 0.472 e. The number of terminal acetylenes is 1. The van der Waals surface area contributed by atoms with E-state index in [1.165, 1.54) is 128 Å². The van der Waals surface area contributed by atoms with Crippen LogP contribution in [0, 0.1) is 12.3 Å². The highest BCUT2D eigenvalue weighted by Gasteiger charge is 2.29. The zero-order valence-corrected chi connectivity index (χ0v) is 39.3. The number of quaternary nitrogens is 1. The van der Waals surface area contributed by atoms with Gasteiger partial charge in [0.05, 0.1) is 46.6 Å². The maximum atomic E-state index is 13.4. The van der Waals surface area contributed by atoms with Gasteiger partial charge in [-0.15, -0.1) is 6.42 Å². The van der Waals surface area contributed by atoms with Crippen LogP contribution in [0.15, 0.2) is 36.4 Å². The summed E-state index contributed by atoms with van der Waals surface area (Å²) >= 11 is 0. The molecule has 59 heavy (non-hydrogen) atoms. The van der Waals surface area contributed by atoms with Crippen molar-refractivity contribution >= 4 is 13.7 Å². The number of hydrogen-bond acceptors (Lipinski definition) is 6. The van der Waals surface area contributed by atoms with Gasteiger partial charge in [0.25, 0.3) is 0 Å². The van der Waals surface area contributed by atoms with Gasteiger partial charge in [-0.2, -0.15) is 0 Å². The van der Waals surface area contributed by atoms with E-state index in [0.29, 0.717) is 24.0 Å². The summed E-state index contributed by atoms with van der Waals surface area (Å²) in [6.07, 6.45) is 40.4. The van der Waals surface area contributed by atoms with Gasteiger partial charge in [-0.1, -0.05) is 179 Å². The van der Waals surface area contributed by atoms with E-state index in [2.05, 4.69) is 31.2 Å². The molecule has 10 heteroatoms. The first-order valence-corrected chi connectivity index (χ1v) is 25.1. The van der Waals surface area contributed by atoms with Crippen LogP contribution in [-0.4, -0.2) is 74.9 Å². The molecule has 9 nitrogen and oxygen atoms in total. The van der Waals surface area contributed by atoms with Gasteiger partial charge in [-0.05, 0) is 42.9 Å². The lowest BCUT2D eigenvalue weighted by Gasteiger charge is -2.28. The maximum Gasteiger partial charge on any atom is 0.472 e. The molecule has 0 aliphatic heterocycles. The zero-order chi connectivity index (χ0) is 43.3. The second-order valence-electron chi connectivity index (χ2n) is 17.2. The zero-order valence-electron chi connectivity index (χ0n) is 38.4. The number of carbonyl (C=O) groups is 1. The largest absolute Gasteiger partial charge is 0.497 e. The molecule has 0 aromatic heterocycles. The van der Waals surface area contributed by atoms with Gasteiger partial charge in [0.1, 0.15) is 25.4 Å². The Morgan fingerprint density at radius 2 is 1.27 bits per heavy atom. The molecule has 340 valence electrons. The third-order valence-corrected chi connectivity index (χ3v) is 12.0. The van der Waals surface area contributed by atoms with E-state index in [1.54, 1.807) is 7.11 Å². The molecule has 0 aliphatic carbocycles. The van der Waals surface area contributed by atoms with Crippen molar-refractivity contribution in [1.29, 1.82) is 0 Å². The standard InChI is InChI=1S/C49H87N2O7P/c1-7-10-12-14-16-18-20-22-24-26-28-30-32-34-48(56-43-45-36-38-46(55-6)39-37-45)47(44-58-59(53,54)57-42-41-51(4,5)40-9-3)50-49(52)35-33-31-29-27-25-23-21-19-17-15-13-11-8-2/h3,32,34,36-39,47-48H,7-8,10-31,33,35,40-44H2,1-2,4-6H3,(H-,50,52,53,54)/p+1/b34-32+/t47-,48+/m0/s1. The SMILES string of the molecule is C#CC[N+](C)(C)CCOP(=O)(O)OC[C@H](NC(=O)CCCCCCCCCCCCCCC)[C@@H](/C=C/CCCCCCCCCCCCC)OCc1ccc(OC)cc1. The molecule has 2 N–H and O–H groups in total. The Morgan fingerprint density at radius 3 is 1.76 bits per heavy atom. The number of phosphoric ester groups is 1. The van der Waals surface area contributed by atoms with Crippen LogP contribution in [0.1, 0.15) is 186 Å². The average molecular weight is 848 g/mol. The predicted octanol–water partition coefficient (Wildman–Crippen LogP) is 12.6. The molecule has 0 fully saturated rings. The highest BCUT2D eigenvalue weighted by Crippen LogP contribution is 2.43. The fraction of sp³-hybridized carbons (Fsp3) is 0.776. The predicted molar refractivity (Wildman–Crippen MR) is 246 cm³/mol. The Bertz CT molecular complexity index is 1270. The van der Waals surface area contributed by atoms with Crippen molar-refractivity contribution in [2.75, 3.05) is 47.5 Å². The molecule has 0 saturated heterocycles. The molecular formula is C49H88N2O7P+. The monoisotopic (exact) mass is 848 g/mol. The van der Waals surface area contributed by atoms with Gasteiger partial charge in [0, 0.05) is 6.42 Å². The normalized spacial score (nSPS) is 13.9. The fourth-order valence-corrected chi connectivity index (χ4v) is 7.85. The number of carbonyl (C=O) groups excluding carboxylic acids is 1. The van der Waals surface area contributed by atoms with E-state index in [9.17, 15) is 14.3 Å². The molecule has 0 bridgehead atoms. The molecule has 3 atom stereocenters. The number of rotatable bonds is 41. The minimum absolute atomic E-state index is 0.00517. The van der Waals surface area contributed by atoms with Crippen molar-refractivity contribution in [2.45, 2.75) is 200 Å². The van der Waals surface area contributed by atoms with Crippen LogP contribution >= 0.6 is 7.82 Å². The molecule has 1 rings (SSSR count). The van der Waals surface area contributed by atoms with Crippen LogP contribution in [0.4, 0.5) is 0 Å². The van der Waals surface area contributed by atoms with Crippen molar-refractivity contribution in [2.24, 2.45) is 0 Å². The molecule has 1 unspecified atom stereocenters. The molecule has 0 aliphatic rings. The minimum Gasteiger partial charge on any atom is -0.497 e. The number of methoxy groups -OCH3 is 1. The molecule has 0 radical (unpaired) electrons. The first kappa shape index (κ1) is 54.8. The summed E-state index contributed by atoms with van der Waals surface area (Å²) in [6, 6.07) is 6.95. The number of amides is 1. The molecular weight excluding hydrogens is 760 g/mol. The van der Waals surface area contributed by atoms with E-state index in [4.69, 9.17) is 24.9 Å². The number of benzene rings is 1. The summed E-state index contributed by atoms with van der Waals surface area (Å²) in [6.45, 7) is 5.44. The minimum atomic E-state index is -4.44. The molecule has 0 heterocycles. The lowest BCUT2D eigenvalue weighted by atomic mass is 10.0. The number of nitrogens with zero attached hydrogens (tertiary/aromatic N) is 1. The lowest BCUT2D eigenvalue weighted by Crippen LogP contribution is -2.46. The first-order chi connectivity index (χ1) is 28.6. The summed E-state index contributed by atoms with van der Waals surface area (Å²) in [5.74, 6) is 3.26. The Hall–Kier alpha value is -2.18. The number of allylic oxidation sites excluding steroid dienone is 1. The van der Waals surface area contributed by atoms with Crippen molar-refractivity contribution in [3.63, 3.8) is 0 Å². The van der Waals surface area contributed by atoms with Gasteiger partial charge in [0.2, 0.25) is 5.91 Å². The van der Waals surface area contributed by atoms with Crippen molar-refractivity contribution in [3.05, 3.63) is 42.0 Å². The van der Waals surface area contributed by atoms with Crippen LogP contribution in [0.3, 0.4) is 0 Å². The number of unbranched alkanes of at least 4 members (excludes halogenated alkanes) is 23. The number of hydrogen-bond donors (Lipinski definition) is 2. The summed E-state index contributed by atoms with van der Waals surface area (Å²) in [7, 11) is 1.06. The average Bonchev–Trinajstić information content (AvgIpc) is 3.21. The van der Waals surface area contributed by atoms with Gasteiger partial charge in [-0.25, -0.2) is 4.57 Å². The van der Waals surface area contributed by atoms with Crippen LogP contribution in [0.25, 0.3) is 0 Å². The molecule has 1 amide bonds. The van der Waals surface area contributed by atoms with Crippen LogP contribution in [-0.2, 0) is 29.8 Å². The van der Waals surface area contributed by atoms with Gasteiger partial charge < -0.3 is 24.2 Å². The molecule has 0 saturated carbocycles. The van der Waals surface area contributed by atoms with Crippen molar-refractivity contribution in [1.82, 2.24) is 5.32 Å². The van der Waals surface area contributed by atoms with Crippen molar-refractivity contribution in [3.8, 4) is 18.1 Å². The highest BCUT2D eigenvalue weighted by molar-refractivity contribution is 7.47. The quantitative estimate of drug-likeness (QED) is 0.0222.